The third kappa shape index (κ3) is 4.24. The fourth-order valence-corrected chi connectivity index (χ4v) is 6.42. The lowest BCUT2D eigenvalue weighted by Crippen LogP contribution is -2.57. The Morgan fingerprint density at radius 3 is 2.67 bits per heavy atom. The van der Waals surface area contributed by atoms with Gasteiger partial charge in [0, 0.05) is 42.7 Å². The first-order chi connectivity index (χ1) is 17.6. The van der Waals surface area contributed by atoms with Gasteiger partial charge in [0.05, 0.1) is 12.6 Å². The van der Waals surface area contributed by atoms with Gasteiger partial charge < -0.3 is 19.3 Å². The van der Waals surface area contributed by atoms with Crippen LogP contribution >= 0.6 is 11.3 Å². The molecule has 3 aliphatic heterocycles. The summed E-state index contributed by atoms with van der Waals surface area (Å²) in [5.41, 5.74) is 3.12. The molecule has 186 valence electrons. The highest BCUT2D eigenvalue weighted by Crippen LogP contribution is 2.38. The van der Waals surface area contributed by atoms with Gasteiger partial charge in [-0.1, -0.05) is 30.3 Å². The van der Waals surface area contributed by atoms with Crippen molar-refractivity contribution < 1.29 is 19.1 Å². The Labute approximate surface area is 214 Å². The van der Waals surface area contributed by atoms with E-state index in [4.69, 9.17) is 9.47 Å². The Morgan fingerprint density at radius 2 is 1.83 bits per heavy atom. The Balaban J connectivity index is 1.13. The number of hydrogen-bond donors (Lipinski definition) is 0. The summed E-state index contributed by atoms with van der Waals surface area (Å²) in [4.78, 5) is 34.2. The van der Waals surface area contributed by atoms with Gasteiger partial charge in [0.25, 0.3) is 5.91 Å². The molecule has 8 heteroatoms. The Morgan fingerprint density at radius 1 is 1.00 bits per heavy atom. The van der Waals surface area contributed by atoms with E-state index >= 15 is 0 Å². The third-order valence-electron chi connectivity index (χ3n) is 7.38. The van der Waals surface area contributed by atoms with Crippen LogP contribution in [0.1, 0.15) is 39.3 Å². The first-order valence-corrected chi connectivity index (χ1v) is 13.3. The quantitative estimate of drug-likeness (QED) is 0.542. The zero-order valence-electron chi connectivity index (χ0n) is 20.3. The molecule has 3 aromatic rings. The van der Waals surface area contributed by atoms with E-state index in [2.05, 4.69) is 40.6 Å². The van der Waals surface area contributed by atoms with Crippen molar-refractivity contribution in [1.82, 2.24) is 14.7 Å². The topological polar surface area (TPSA) is 62.3 Å². The highest BCUT2D eigenvalue weighted by molar-refractivity contribution is 7.10. The molecule has 1 saturated heterocycles. The normalized spacial score (nSPS) is 21.4. The number of benzene rings is 2. The van der Waals surface area contributed by atoms with Crippen LogP contribution in [0.2, 0.25) is 0 Å². The standard InChI is InChI=1S/C28H29N3O4S/c1-19-16-29(12-13-31(19)28(33)21-7-8-23-24(15-21)35-18-34-23)26(32)17-30-11-9-25-22(10-14-36-25)27(30)20-5-3-2-4-6-20/h2-8,10,14-15,19,27H,9,11-13,16-18H2,1H3/t19-,27+/m0/s1. The summed E-state index contributed by atoms with van der Waals surface area (Å²) in [5.74, 6) is 1.34. The molecule has 3 aliphatic rings. The minimum Gasteiger partial charge on any atom is -0.454 e. The van der Waals surface area contributed by atoms with Crippen molar-refractivity contribution in [1.29, 1.82) is 0 Å². The molecule has 6 rings (SSSR count). The maximum atomic E-state index is 13.5. The molecule has 4 heterocycles. The molecule has 0 saturated carbocycles. The van der Waals surface area contributed by atoms with E-state index in [9.17, 15) is 9.59 Å². The van der Waals surface area contributed by atoms with E-state index in [1.165, 1.54) is 16.0 Å². The average Bonchev–Trinajstić information content (AvgIpc) is 3.57. The number of carbonyl (C=O) groups excluding carboxylic acids is 2. The van der Waals surface area contributed by atoms with Crippen LogP contribution in [0.25, 0.3) is 0 Å². The molecule has 2 aromatic carbocycles. The zero-order chi connectivity index (χ0) is 24.6. The lowest BCUT2D eigenvalue weighted by molar-refractivity contribution is -0.135. The van der Waals surface area contributed by atoms with Crippen LogP contribution in [0.3, 0.4) is 0 Å². The second-order valence-electron chi connectivity index (χ2n) is 9.59. The number of hydrogen-bond acceptors (Lipinski definition) is 6. The number of rotatable bonds is 4. The minimum atomic E-state index is -0.0737. The van der Waals surface area contributed by atoms with E-state index in [0.29, 0.717) is 43.2 Å². The lowest BCUT2D eigenvalue weighted by Gasteiger charge is -2.42. The molecule has 7 nitrogen and oxygen atoms in total. The molecular formula is C28H29N3O4S. The largest absolute Gasteiger partial charge is 0.454 e. The molecule has 2 amide bonds. The Bertz CT molecular complexity index is 1280. The number of carbonyl (C=O) groups is 2. The van der Waals surface area contributed by atoms with Crippen molar-refractivity contribution in [2.75, 3.05) is 39.5 Å². The van der Waals surface area contributed by atoms with Crippen molar-refractivity contribution in [2.45, 2.75) is 25.4 Å². The molecule has 0 bridgehead atoms. The summed E-state index contributed by atoms with van der Waals surface area (Å²) >= 11 is 1.81. The maximum Gasteiger partial charge on any atom is 0.254 e. The minimum absolute atomic E-state index is 0.0435. The van der Waals surface area contributed by atoms with Gasteiger partial charge in [0.2, 0.25) is 12.7 Å². The summed E-state index contributed by atoms with van der Waals surface area (Å²) in [6.07, 6.45) is 0.970. The molecule has 0 aliphatic carbocycles. The van der Waals surface area contributed by atoms with Crippen LogP contribution in [0.4, 0.5) is 0 Å². The van der Waals surface area contributed by atoms with Crippen molar-refractivity contribution in [3.05, 3.63) is 81.5 Å². The maximum absolute atomic E-state index is 13.5. The van der Waals surface area contributed by atoms with Gasteiger partial charge in [-0.2, -0.15) is 0 Å². The molecule has 1 fully saturated rings. The van der Waals surface area contributed by atoms with Crippen LogP contribution in [-0.2, 0) is 11.2 Å². The predicted octanol–water partition coefficient (Wildman–Crippen LogP) is 3.80. The van der Waals surface area contributed by atoms with Gasteiger partial charge in [0.1, 0.15) is 0 Å². The first-order valence-electron chi connectivity index (χ1n) is 12.4. The van der Waals surface area contributed by atoms with E-state index in [-0.39, 0.29) is 30.7 Å². The number of amides is 2. The van der Waals surface area contributed by atoms with Gasteiger partial charge >= 0.3 is 0 Å². The summed E-state index contributed by atoms with van der Waals surface area (Å²) in [5, 5.41) is 2.16. The molecule has 0 spiro atoms. The van der Waals surface area contributed by atoms with Crippen LogP contribution in [0.5, 0.6) is 11.5 Å². The fourth-order valence-electron chi connectivity index (χ4n) is 5.52. The SMILES string of the molecule is C[C@H]1CN(C(=O)CN2CCc3sccc3[C@H]2c2ccccc2)CCN1C(=O)c1ccc2c(c1)OCO2. The molecule has 1 aromatic heterocycles. The molecule has 0 unspecified atom stereocenters. The second-order valence-corrected chi connectivity index (χ2v) is 10.6. The number of fused-ring (bicyclic) bond motifs is 2. The second kappa shape index (κ2) is 9.59. The van der Waals surface area contributed by atoms with Gasteiger partial charge in [-0.05, 0) is 54.1 Å². The summed E-state index contributed by atoms with van der Waals surface area (Å²) in [6.45, 7) is 5.00. The van der Waals surface area contributed by atoms with Crippen molar-refractivity contribution >= 4 is 23.2 Å². The predicted molar refractivity (Wildman–Crippen MR) is 138 cm³/mol. The highest BCUT2D eigenvalue weighted by Gasteiger charge is 2.35. The molecular weight excluding hydrogens is 474 g/mol. The summed E-state index contributed by atoms with van der Waals surface area (Å²) < 4.78 is 10.8. The molecule has 36 heavy (non-hydrogen) atoms. The Hall–Kier alpha value is -3.36. The number of ether oxygens (including phenoxy) is 2. The van der Waals surface area contributed by atoms with Gasteiger partial charge in [-0.25, -0.2) is 0 Å². The molecule has 0 radical (unpaired) electrons. The van der Waals surface area contributed by atoms with Crippen LogP contribution in [-0.4, -0.2) is 72.1 Å². The van der Waals surface area contributed by atoms with Crippen LogP contribution in [0.15, 0.2) is 60.0 Å². The first kappa shape index (κ1) is 23.1. The summed E-state index contributed by atoms with van der Waals surface area (Å²) in [6, 6.07) is 18.0. The van der Waals surface area contributed by atoms with E-state index < -0.39 is 0 Å². The smallest absolute Gasteiger partial charge is 0.254 e. The number of thiophene rings is 1. The monoisotopic (exact) mass is 503 g/mol. The highest BCUT2D eigenvalue weighted by atomic mass is 32.1. The fraction of sp³-hybridized carbons (Fsp3) is 0.357. The molecule has 2 atom stereocenters. The third-order valence-corrected chi connectivity index (χ3v) is 8.38. The van der Waals surface area contributed by atoms with Crippen LogP contribution in [0, 0.1) is 0 Å². The van der Waals surface area contributed by atoms with E-state index in [1.54, 1.807) is 29.5 Å². The Kier molecular flexibility index (Phi) is 6.15. The van der Waals surface area contributed by atoms with E-state index in [0.717, 1.165) is 13.0 Å². The number of piperazine rings is 1. The lowest BCUT2D eigenvalue weighted by atomic mass is 9.93. The average molecular weight is 504 g/mol. The van der Waals surface area contributed by atoms with Gasteiger partial charge in [-0.15, -0.1) is 11.3 Å². The van der Waals surface area contributed by atoms with Gasteiger partial charge in [-0.3, -0.25) is 14.5 Å². The van der Waals surface area contributed by atoms with Crippen molar-refractivity contribution in [3.63, 3.8) is 0 Å². The number of nitrogens with zero attached hydrogens (tertiary/aromatic N) is 3. The zero-order valence-corrected chi connectivity index (χ0v) is 21.1. The van der Waals surface area contributed by atoms with Gasteiger partial charge in [0.15, 0.2) is 11.5 Å². The van der Waals surface area contributed by atoms with Crippen LogP contribution < -0.4 is 9.47 Å². The summed E-state index contributed by atoms with van der Waals surface area (Å²) in [7, 11) is 0. The van der Waals surface area contributed by atoms with E-state index in [1.807, 2.05) is 22.8 Å². The van der Waals surface area contributed by atoms with Crippen molar-refractivity contribution in [2.24, 2.45) is 0 Å². The van der Waals surface area contributed by atoms with Crippen molar-refractivity contribution in [3.8, 4) is 11.5 Å². The molecule has 0 N–H and O–H groups in total.